The summed E-state index contributed by atoms with van der Waals surface area (Å²) in [6.45, 7) is 0.221. The molecule has 1 fully saturated rings. The Morgan fingerprint density at radius 2 is 1.83 bits per heavy atom. The Kier molecular flexibility index (Phi) is 5.41. The second-order valence-electron chi connectivity index (χ2n) is 6.59. The minimum Gasteiger partial charge on any atom is -0.497 e. The van der Waals surface area contributed by atoms with Crippen molar-refractivity contribution >= 4 is 31.6 Å². The molecule has 0 spiro atoms. The molecule has 0 atom stereocenters. The molecule has 2 heterocycles. The third-order valence-corrected chi connectivity index (χ3v) is 7.64. The number of hydrogen-bond acceptors (Lipinski definition) is 6. The summed E-state index contributed by atoms with van der Waals surface area (Å²) in [6, 6.07) is 8.57. The van der Waals surface area contributed by atoms with Gasteiger partial charge in [-0.3, -0.25) is 0 Å². The Bertz CT molecular complexity index is 1120. The van der Waals surface area contributed by atoms with Crippen molar-refractivity contribution in [2.24, 2.45) is 0 Å². The van der Waals surface area contributed by atoms with Crippen LogP contribution in [0.15, 0.2) is 41.3 Å². The molecule has 6 nitrogen and oxygen atoms in total. The third-order valence-electron chi connectivity index (χ3n) is 4.76. The number of hydrogen-bond donors (Lipinski definition) is 0. The Balaban J connectivity index is 1.44. The van der Waals surface area contributed by atoms with Gasteiger partial charge in [-0.1, -0.05) is 17.4 Å². The number of nitrogens with zero attached hydrogens (tertiary/aromatic N) is 2. The number of piperidine rings is 1. The molecule has 29 heavy (non-hydrogen) atoms. The second kappa shape index (κ2) is 7.85. The molecule has 0 saturated carbocycles. The van der Waals surface area contributed by atoms with Gasteiger partial charge in [-0.15, -0.1) is 0 Å². The molecular weight excluding hydrogens is 422 g/mol. The Morgan fingerprint density at radius 1 is 1.14 bits per heavy atom. The zero-order chi connectivity index (χ0) is 20.6. The van der Waals surface area contributed by atoms with Crippen molar-refractivity contribution in [1.82, 2.24) is 9.29 Å². The predicted molar refractivity (Wildman–Crippen MR) is 105 cm³/mol. The van der Waals surface area contributed by atoms with Crippen LogP contribution in [-0.4, -0.2) is 44.0 Å². The number of fused-ring (bicyclic) bond motifs is 1. The number of aromatic nitrogens is 1. The largest absolute Gasteiger partial charge is 0.497 e. The molecule has 0 bridgehead atoms. The first kappa shape index (κ1) is 20.0. The van der Waals surface area contributed by atoms with Gasteiger partial charge >= 0.3 is 0 Å². The van der Waals surface area contributed by atoms with E-state index in [1.165, 1.54) is 11.3 Å². The van der Waals surface area contributed by atoms with E-state index in [1.807, 2.05) is 18.2 Å². The fourth-order valence-electron chi connectivity index (χ4n) is 3.25. The molecule has 4 rings (SSSR count). The quantitative estimate of drug-likeness (QED) is 0.604. The van der Waals surface area contributed by atoms with Gasteiger partial charge in [-0.05, 0) is 37.1 Å². The number of rotatable bonds is 5. The van der Waals surface area contributed by atoms with Crippen LogP contribution in [0.5, 0.6) is 10.9 Å². The Labute approximate surface area is 170 Å². The van der Waals surface area contributed by atoms with Gasteiger partial charge in [0, 0.05) is 19.2 Å². The van der Waals surface area contributed by atoms with Crippen LogP contribution in [0.25, 0.3) is 10.2 Å². The lowest BCUT2D eigenvalue weighted by atomic mass is 10.1. The van der Waals surface area contributed by atoms with Gasteiger partial charge < -0.3 is 9.47 Å². The van der Waals surface area contributed by atoms with E-state index >= 15 is 0 Å². The Morgan fingerprint density at radius 3 is 2.48 bits per heavy atom. The molecule has 10 heteroatoms. The van der Waals surface area contributed by atoms with Crippen LogP contribution < -0.4 is 9.47 Å². The number of methoxy groups -OCH3 is 1. The average molecular weight is 440 g/mol. The number of thiazole rings is 1. The second-order valence-corrected chi connectivity index (χ2v) is 9.45. The maximum Gasteiger partial charge on any atom is 0.274 e. The molecule has 0 N–H and O–H groups in total. The van der Waals surface area contributed by atoms with Gasteiger partial charge in [0.25, 0.3) is 5.19 Å². The van der Waals surface area contributed by atoms with E-state index in [9.17, 15) is 17.2 Å². The molecule has 1 saturated heterocycles. The zero-order valence-electron chi connectivity index (χ0n) is 15.5. The highest BCUT2D eigenvalue weighted by molar-refractivity contribution is 7.89. The maximum absolute atomic E-state index is 13.9. The lowest BCUT2D eigenvalue weighted by Gasteiger charge is -2.30. The first-order valence-corrected chi connectivity index (χ1v) is 11.2. The van der Waals surface area contributed by atoms with E-state index in [-0.39, 0.29) is 19.2 Å². The molecule has 1 aliphatic rings. The van der Waals surface area contributed by atoms with E-state index in [0.717, 1.165) is 32.7 Å². The van der Waals surface area contributed by atoms with E-state index in [1.54, 1.807) is 7.11 Å². The standard InChI is InChI=1S/C19H18F2N2O4S2/c1-26-13-5-6-17-16(11-13)22-19(28-17)27-12-7-9-23(10-8-12)29(24,25)18-14(20)3-2-4-15(18)21/h2-6,11-12H,7-10H2,1H3. The molecule has 0 amide bonds. The summed E-state index contributed by atoms with van der Waals surface area (Å²) < 4.78 is 66.3. The van der Waals surface area contributed by atoms with Crippen molar-refractivity contribution < 1.29 is 26.7 Å². The van der Waals surface area contributed by atoms with Crippen LogP contribution in [0.1, 0.15) is 12.8 Å². The van der Waals surface area contributed by atoms with E-state index in [4.69, 9.17) is 9.47 Å². The first-order valence-electron chi connectivity index (χ1n) is 8.94. The molecule has 154 valence electrons. The summed E-state index contributed by atoms with van der Waals surface area (Å²) in [5.74, 6) is -1.48. The molecule has 0 radical (unpaired) electrons. The predicted octanol–water partition coefficient (Wildman–Crippen LogP) is 3.82. The van der Waals surface area contributed by atoms with Crippen LogP contribution in [-0.2, 0) is 10.0 Å². The smallest absolute Gasteiger partial charge is 0.274 e. The normalized spacial score (nSPS) is 16.2. The highest BCUT2D eigenvalue weighted by atomic mass is 32.2. The van der Waals surface area contributed by atoms with Gasteiger partial charge in [-0.2, -0.15) is 4.31 Å². The van der Waals surface area contributed by atoms with Crippen molar-refractivity contribution in [3.05, 3.63) is 48.0 Å². The summed E-state index contributed by atoms with van der Waals surface area (Å²) in [5.41, 5.74) is 0.763. The van der Waals surface area contributed by atoms with Crippen molar-refractivity contribution in [2.75, 3.05) is 20.2 Å². The van der Waals surface area contributed by atoms with Gasteiger partial charge in [0.15, 0.2) is 4.90 Å². The molecule has 0 aliphatic carbocycles. The summed E-state index contributed by atoms with van der Waals surface area (Å²) in [6.07, 6.45) is 0.567. The zero-order valence-corrected chi connectivity index (χ0v) is 17.1. The van der Waals surface area contributed by atoms with Crippen LogP contribution in [0.3, 0.4) is 0 Å². The fourth-order valence-corrected chi connectivity index (χ4v) is 5.69. The van der Waals surface area contributed by atoms with E-state index < -0.39 is 26.6 Å². The number of benzene rings is 2. The highest BCUT2D eigenvalue weighted by Gasteiger charge is 2.34. The van der Waals surface area contributed by atoms with Crippen molar-refractivity contribution in [2.45, 2.75) is 23.8 Å². The van der Waals surface area contributed by atoms with Crippen molar-refractivity contribution in [1.29, 1.82) is 0 Å². The van der Waals surface area contributed by atoms with Crippen molar-refractivity contribution in [3.63, 3.8) is 0 Å². The topological polar surface area (TPSA) is 68.7 Å². The molecule has 3 aromatic rings. The summed E-state index contributed by atoms with van der Waals surface area (Å²) >= 11 is 1.40. The number of halogens is 2. The van der Waals surface area contributed by atoms with E-state index in [2.05, 4.69) is 4.98 Å². The Hall–Kier alpha value is -2.30. The first-order chi connectivity index (χ1) is 13.9. The van der Waals surface area contributed by atoms with Gasteiger partial charge in [0.2, 0.25) is 10.0 Å². The van der Waals surface area contributed by atoms with Crippen LogP contribution in [0, 0.1) is 11.6 Å². The molecule has 1 aromatic heterocycles. The number of sulfonamides is 1. The molecule has 1 aliphatic heterocycles. The fraction of sp³-hybridized carbons (Fsp3) is 0.316. The lowest BCUT2D eigenvalue weighted by molar-refractivity contribution is 0.135. The number of ether oxygens (including phenoxy) is 2. The lowest BCUT2D eigenvalue weighted by Crippen LogP contribution is -2.42. The monoisotopic (exact) mass is 440 g/mol. The minimum atomic E-state index is -4.25. The third kappa shape index (κ3) is 3.92. The van der Waals surface area contributed by atoms with Gasteiger partial charge in [-0.25, -0.2) is 22.2 Å². The minimum absolute atomic E-state index is 0.111. The maximum atomic E-state index is 13.9. The summed E-state index contributed by atoms with van der Waals surface area (Å²) in [4.78, 5) is 3.54. The van der Waals surface area contributed by atoms with Gasteiger partial charge in [0.05, 0.1) is 17.3 Å². The van der Waals surface area contributed by atoms with Crippen LogP contribution in [0.4, 0.5) is 8.78 Å². The SMILES string of the molecule is COc1ccc2sc(OC3CCN(S(=O)(=O)c4c(F)cccc4F)CC3)nc2c1. The van der Waals surface area contributed by atoms with Gasteiger partial charge in [0.1, 0.15) is 23.5 Å². The van der Waals surface area contributed by atoms with Crippen LogP contribution in [0.2, 0.25) is 0 Å². The van der Waals surface area contributed by atoms with Crippen molar-refractivity contribution in [3.8, 4) is 10.9 Å². The van der Waals surface area contributed by atoms with Crippen LogP contribution >= 0.6 is 11.3 Å². The molecule has 0 unspecified atom stereocenters. The highest BCUT2D eigenvalue weighted by Crippen LogP contribution is 2.32. The van der Waals surface area contributed by atoms with E-state index in [0.29, 0.717) is 23.8 Å². The molecular formula is C19H18F2N2O4S2. The average Bonchev–Trinajstić information content (AvgIpc) is 3.09. The summed E-state index contributed by atoms with van der Waals surface area (Å²) in [5, 5.41) is 0.495. The molecule has 2 aromatic carbocycles. The summed E-state index contributed by atoms with van der Waals surface area (Å²) in [7, 11) is -2.66.